The lowest BCUT2D eigenvalue weighted by molar-refractivity contribution is 0.0756. The zero-order chi connectivity index (χ0) is 15.6. The molecule has 0 bridgehead atoms. The molecule has 0 amide bonds. The molecule has 1 aliphatic rings. The van der Waals surface area contributed by atoms with E-state index < -0.39 is 0 Å². The summed E-state index contributed by atoms with van der Waals surface area (Å²) in [5.74, 6) is 0.749. The second kappa shape index (κ2) is 6.50. The third-order valence-corrected chi connectivity index (χ3v) is 4.68. The van der Waals surface area contributed by atoms with Crippen LogP contribution in [0.4, 0.5) is 0 Å². The largest absolute Gasteiger partial charge is 0.309 e. The van der Waals surface area contributed by atoms with Gasteiger partial charge in [-0.1, -0.05) is 32.0 Å². The number of nitrogens with one attached hydrogen (secondary N) is 1. The van der Waals surface area contributed by atoms with E-state index in [1.807, 2.05) is 0 Å². The predicted molar refractivity (Wildman–Crippen MR) is 91.7 cm³/mol. The maximum Gasteiger partial charge on any atom is 0.0253 e. The normalized spacial score (nSPS) is 22.7. The van der Waals surface area contributed by atoms with Crippen molar-refractivity contribution in [1.82, 2.24) is 10.2 Å². The van der Waals surface area contributed by atoms with Crippen LogP contribution in [0.2, 0.25) is 0 Å². The molecule has 1 fully saturated rings. The zero-order valence-corrected chi connectivity index (χ0v) is 14.7. The van der Waals surface area contributed by atoms with Gasteiger partial charge < -0.3 is 5.32 Å². The summed E-state index contributed by atoms with van der Waals surface area (Å²) in [4.78, 5) is 2.70. The molecule has 0 aromatic heterocycles. The van der Waals surface area contributed by atoms with Gasteiger partial charge in [-0.15, -0.1) is 0 Å². The molecule has 1 aromatic rings. The summed E-state index contributed by atoms with van der Waals surface area (Å²) in [7, 11) is 0. The minimum Gasteiger partial charge on any atom is -0.309 e. The van der Waals surface area contributed by atoms with Crippen LogP contribution in [0.3, 0.4) is 0 Å². The van der Waals surface area contributed by atoms with Crippen molar-refractivity contribution in [1.29, 1.82) is 0 Å². The van der Waals surface area contributed by atoms with Crippen molar-refractivity contribution in [2.24, 2.45) is 5.92 Å². The van der Waals surface area contributed by atoms with E-state index in [1.54, 1.807) is 0 Å². The van der Waals surface area contributed by atoms with Gasteiger partial charge in [0.1, 0.15) is 0 Å². The topological polar surface area (TPSA) is 15.3 Å². The molecule has 0 radical (unpaired) electrons. The van der Waals surface area contributed by atoms with E-state index in [9.17, 15) is 0 Å². The number of benzene rings is 1. The summed E-state index contributed by atoms with van der Waals surface area (Å²) in [6, 6.07) is 7.30. The summed E-state index contributed by atoms with van der Waals surface area (Å²) in [6.07, 6.45) is 1.27. The quantitative estimate of drug-likeness (QED) is 0.904. The Kier molecular flexibility index (Phi) is 5.11. The van der Waals surface area contributed by atoms with Crippen molar-refractivity contribution < 1.29 is 0 Å². The number of piperazine rings is 1. The van der Waals surface area contributed by atoms with Gasteiger partial charge in [0.05, 0.1) is 0 Å². The number of nitrogens with zero attached hydrogens (tertiary/aromatic N) is 1. The monoisotopic (exact) mass is 288 g/mol. The molecule has 1 saturated heterocycles. The Morgan fingerprint density at radius 3 is 2.43 bits per heavy atom. The molecule has 1 aromatic carbocycles. The standard InChI is InChI=1S/C19H32N2/c1-14(2)10-17-11-20-19(5,6)13-21(17)12-18-15(3)8-7-9-16(18)4/h7-9,14,17,20H,10-13H2,1-6H3. The Labute approximate surface area is 130 Å². The van der Waals surface area contributed by atoms with Gasteiger partial charge in [0, 0.05) is 31.2 Å². The van der Waals surface area contributed by atoms with E-state index in [0.717, 1.165) is 25.6 Å². The highest BCUT2D eigenvalue weighted by Crippen LogP contribution is 2.24. The number of hydrogen-bond donors (Lipinski definition) is 1. The summed E-state index contributed by atoms with van der Waals surface area (Å²) >= 11 is 0. The average molecular weight is 288 g/mol. The molecule has 1 N–H and O–H groups in total. The molecular formula is C19H32N2. The SMILES string of the molecule is Cc1cccc(C)c1CN1CC(C)(C)NCC1CC(C)C. The molecular weight excluding hydrogens is 256 g/mol. The lowest BCUT2D eigenvalue weighted by Crippen LogP contribution is -2.61. The lowest BCUT2D eigenvalue weighted by atomic mass is 9.92. The van der Waals surface area contributed by atoms with E-state index in [4.69, 9.17) is 0 Å². The first kappa shape index (κ1) is 16.5. The fourth-order valence-corrected chi connectivity index (χ4v) is 3.48. The van der Waals surface area contributed by atoms with E-state index in [-0.39, 0.29) is 5.54 Å². The third-order valence-electron chi connectivity index (χ3n) is 4.68. The Hall–Kier alpha value is -0.860. The Bertz CT molecular complexity index is 456. The maximum atomic E-state index is 3.72. The highest BCUT2D eigenvalue weighted by Gasteiger charge is 2.32. The van der Waals surface area contributed by atoms with E-state index in [0.29, 0.717) is 6.04 Å². The zero-order valence-electron chi connectivity index (χ0n) is 14.7. The first-order chi connectivity index (χ1) is 9.78. The van der Waals surface area contributed by atoms with Crippen LogP contribution in [0.15, 0.2) is 18.2 Å². The second-order valence-corrected chi connectivity index (χ2v) is 7.82. The van der Waals surface area contributed by atoms with Gasteiger partial charge in [0.25, 0.3) is 0 Å². The number of rotatable bonds is 4. The smallest absolute Gasteiger partial charge is 0.0253 e. The van der Waals surface area contributed by atoms with Crippen LogP contribution in [-0.2, 0) is 6.54 Å². The Morgan fingerprint density at radius 1 is 1.24 bits per heavy atom. The minimum atomic E-state index is 0.212. The van der Waals surface area contributed by atoms with Crippen LogP contribution in [0, 0.1) is 19.8 Å². The van der Waals surface area contributed by atoms with Crippen molar-refractivity contribution in [3.05, 3.63) is 34.9 Å². The molecule has 0 aliphatic carbocycles. The summed E-state index contributed by atoms with van der Waals surface area (Å²) in [5, 5.41) is 3.72. The van der Waals surface area contributed by atoms with Gasteiger partial charge in [-0.25, -0.2) is 0 Å². The summed E-state index contributed by atoms with van der Waals surface area (Å²) in [5.41, 5.74) is 4.58. The van der Waals surface area contributed by atoms with Crippen LogP contribution in [0.25, 0.3) is 0 Å². The third kappa shape index (κ3) is 4.31. The fraction of sp³-hybridized carbons (Fsp3) is 0.684. The van der Waals surface area contributed by atoms with Crippen LogP contribution < -0.4 is 5.32 Å². The van der Waals surface area contributed by atoms with Crippen molar-refractivity contribution >= 4 is 0 Å². The first-order valence-corrected chi connectivity index (χ1v) is 8.32. The number of aryl methyl sites for hydroxylation is 2. The molecule has 2 nitrogen and oxygen atoms in total. The lowest BCUT2D eigenvalue weighted by Gasteiger charge is -2.45. The molecule has 1 unspecified atom stereocenters. The Morgan fingerprint density at radius 2 is 1.86 bits per heavy atom. The fourth-order valence-electron chi connectivity index (χ4n) is 3.48. The number of hydrogen-bond acceptors (Lipinski definition) is 2. The highest BCUT2D eigenvalue weighted by atomic mass is 15.2. The van der Waals surface area contributed by atoms with Crippen LogP contribution >= 0.6 is 0 Å². The predicted octanol–water partition coefficient (Wildman–Crippen LogP) is 3.90. The van der Waals surface area contributed by atoms with Gasteiger partial charge >= 0.3 is 0 Å². The van der Waals surface area contributed by atoms with Gasteiger partial charge in [-0.05, 0) is 56.7 Å². The Balaban J connectivity index is 2.19. The van der Waals surface area contributed by atoms with Crippen molar-refractivity contribution in [3.63, 3.8) is 0 Å². The molecule has 1 aliphatic heterocycles. The molecule has 0 spiro atoms. The molecule has 1 atom stereocenters. The average Bonchev–Trinajstić information content (AvgIpc) is 2.36. The second-order valence-electron chi connectivity index (χ2n) is 7.82. The van der Waals surface area contributed by atoms with Gasteiger partial charge in [-0.2, -0.15) is 0 Å². The van der Waals surface area contributed by atoms with Crippen LogP contribution in [0.1, 0.15) is 50.8 Å². The summed E-state index contributed by atoms with van der Waals surface area (Å²) < 4.78 is 0. The molecule has 21 heavy (non-hydrogen) atoms. The van der Waals surface area contributed by atoms with Gasteiger partial charge in [-0.3, -0.25) is 4.90 Å². The highest BCUT2D eigenvalue weighted by molar-refractivity contribution is 5.33. The molecule has 0 saturated carbocycles. The van der Waals surface area contributed by atoms with E-state index in [1.165, 1.54) is 23.1 Å². The molecule has 118 valence electrons. The van der Waals surface area contributed by atoms with Crippen LogP contribution in [-0.4, -0.2) is 29.6 Å². The summed E-state index contributed by atoms with van der Waals surface area (Å²) in [6.45, 7) is 17.1. The van der Waals surface area contributed by atoms with Gasteiger partial charge in [0.2, 0.25) is 0 Å². The van der Waals surface area contributed by atoms with Crippen molar-refractivity contribution in [2.45, 2.75) is 66.1 Å². The maximum absolute atomic E-state index is 3.72. The minimum absolute atomic E-state index is 0.212. The molecule has 2 heteroatoms. The first-order valence-electron chi connectivity index (χ1n) is 8.32. The van der Waals surface area contributed by atoms with Crippen molar-refractivity contribution in [2.75, 3.05) is 13.1 Å². The van der Waals surface area contributed by atoms with Crippen LogP contribution in [0.5, 0.6) is 0 Å². The molecule has 1 heterocycles. The van der Waals surface area contributed by atoms with Gasteiger partial charge in [0.15, 0.2) is 0 Å². The van der Waals surface area contributed by atoms with Crippen molar-refractivity contribution in [3.8, 4) is 0 Å². The van der Waals surface area contributed by atoms with E-state index in [2.05, 4.69) is 70.0 Å². The molecule has 2 rings (SSSR count). The van der Waals surface area contributed by atoms with E-state index >= 15 is 0 Å².